The van der Waals surface area contributed by atoms with Gasteiger partial charge in [0.2, 0.25) is 5.91 Å². The van der Waals surface area contributed by atoms with Crippen molar-refractivity contribution in [1.82, 2.24) is 5.32 Å². The molecule has 0 spiro atoms. The molecule has 0 saturated carbocycles. The van der Waals surface area contributed by atoms with E-state index >= 15 is 0 Å². The van der Waals surface area contributed by atoms with Crippen molar-refractivity contribution in [3.05, 3.63) is 71.3 Å². The van der Waals surface area contributed by atoms with Crippen LogP contribution in [0.2, 0.25) is 0 Å². The summed E-state index contributed by atoms with van der Waals surface area (Å²) in [4.78, 5) is 11.9. The predicted molar refractivity (Wildman–Crippen MR) is 74.5 cm³/mol. The first-order valence-corrected chi connectivity index (χ1v) is 6.49. The summed E-state index contributed by atoms with van der Waals surface area (Å²) in [6, 6.07) is 11.3. The number of hydrogen-bond acceptors (Lipinski definition) is 2. The highest BCUT2D eigenvalue weighted by Gasteiger charge is 2.15. The van der Waals surface area contributed by atoms with Gasteiger partial charge in [0.1, 0.15) is 11.6 Å². The predicted octanol–water partition coefficient (Wildman–Crippen LogP) is 2.36. The number of amides is 1. The van der Waals surface area contributed by atoms with Crippen molar-refractivity contribution in [2.75, 3.05) is 6.61 Å². The van der Waals surface area contributed by atoms with E-state index in [1.54, 1.807) is 24.3 Å². The number of carbonyl (C=O) groups excluding carboxylic acids is 1. The molecule has 110 valence electrons. The smallest absolute Gasteiger partial charge is 0.225 e. The lowest BCUT2D eigenvalue weighted by atomic mass is 10.1. The molecule has 0 aliphatic carbocycles. The highest BCUT2D eigenvalue weighted by Crippen LogP contribution is 2.14. The molecule has 2 aromatic rings. The van der Waals surface area contributed by atoms with Crippen LogP contribution in [0.4, 0.5) is 8.78 Å². The third-order valence-corrected chi connectivity index (χ3v) is 3.08. The van der Waals surface area contributed by atoms with Crippen LogP contribution in [-0.4, -0.2) is 17.6 Å². The van der Waals surface area contributed by atoms with Gasteiger partial charge in [-0.1, -0.05) is 30.3 Å². The minimum Gasteiger partial charge on any atom is -0.394 e. The molecule has 1 amide bonds. The van der Waals surface area contributed by atoms with E-state index in [2.05, 4.69) is 5.32 Å². The molecule has 2 rings (SSSR count). The number of halogens is 2. The van der Waals surface area contributed by atoms with E-state index in [1.807, 2.05) is 6.07 Å². The fraction of sp³-hybridized carbons (Fsp3) is 0.188. The van der Waals surface area contributed by atoms with E-state index in [0.717, 1.165) is 23.8 Å². The lowest BCUT2D eigenvalue weighted by Crippen LogP contribution is -2.32. The first-order valence-electron chi connectivity index (χ1n) is 6.49. The Morgan fingerprint density at radius 1 is 1.14 bits per heavy atom. The van der Waals surface area contributed by atoms with E-state index in [0.29, 0.717) is 0 Å². The Labute approximate surface area is 121 Å². The Balaban J connectivity index is 2.05. The van der Waals surface area contributed by atoms with Crippen LogP contribution in [0.1, 0.15) is 17.2 Å². The largest absolute Gasteiger partial charge is 0.394 e. The van der Waals surface area contributed by atoms with Crippen LogP contribution in [0, 0.1) is 11.6 Å². The molecule has 0 bridgehead atoms. The molecular formula is C16H15F2NO2. The van der Waals surface area contributed by atoms with Crippen LogP contribution in [0.25, 0.3) is 0 Å². The Morgan fingerprint density at radius 2 is 1.86 bits per heavy atom. The molecule has 1 atom stereocenters. The van der Waals surface area contributed by atoms with Gasteiger partial charge in [0.05, 0.1) is 19.1 Å². The molecule has 0 fully saturated rings. The van der Waals surface area contributed by atoms with Gasteiger partial charge in [0.25, 0.3) is 0 Å². The second kappa shape index (κ2) is 6.95. The molecular weight excluding hydrogens is 276 g/mol. The zero-order valence-electron chi connectivity index (χ0n) is 11.2. The second-order valence-corrected chi connectivity index (χ2v) is 4.63. The summed E-state index contributed by atoms with van der Waals surface area (Å²) >= 11 is 0. The third kappa shape index (κ3) is 4.10. The Kier molecular flexibility index (Phi) is 5.00. The molecule has 0 heterocycles. The molecule has 0 saturated heterocycles. The maximum Gasteiger partial charge on any atom is 0.225 e. The van der Waals surface area contributed by atoms with Crippen LogP contribution in [0.15, 0.2) is 48.5 Å². The fourth-order valence-electron chi connectivity index (χ4n) is 2.02. The van der Waals surface area contributed by atoms with E-state index in [1.165, 1.54) is 0 Å². The van der Waals surface area contributed by atoms with Crippen LogP contribution in [0.5, 0.6) is 0 Å². The zero-order chi connectivity index (χ0) is 15.2. The molecule has 0 unspecified atom stereocenters. The van der Waals surface area contributed by atoms with E-state index < -0.39 is 23.6 Å². The van der Waals surface area contributed by atoms with Crippen molar-refractivity contribution in [3.8, 4) is 0 Å². The highest BCUT2D eigenvalue weighted by molar-refractivity contribution is 5.79. The summed E-state index contributed by atoms with van der Waals surface area (Å²) in [5, 5.41) is 11.9. The van der Waals surface area contributed by atoms with Crippen LogP contribution >= 0.6 is 0 Å². The summed E-state index contributed by atoms with van der Waals surface area (Å²) in [6.45, 7) is -0.276. The third-order valence-electron chi connectivity index (χ3n) is 3.08. The molecule has 0 aliphatic rings. The molecule has 0 aromatic heterocycles. The standard InChI is InChI=1S/C16H15F2NO2/c17-13-6-7-14(18)12(8-13)9-16(21)19-15(10-20)11-4-2-1-3-5-11/h1-8,15,20H,9-10H2,(H,19,21)/t15-/m1/s1. The normalized spacial score (nSPS) is 12.0. The van der Waals surface area contributed by atoms with Gasteiger partial charge in [-0.2, -0.15) is 0 Å². The van der Waals surface area contributed by atoms with Crippen molar-refractivity contribution in [3.63, 3.8) is 0 Å². The first kappa shape index (κ1) is 15.1. The summed E-state index contributed by atoms with van der Waals surface area (Å²) in [5.41, 5.74) is 0.727. The molecule has 21 heavy (non-hydrogen) atoms. The Morgan fingerprint density at radius 3 is 2.52 bits per heavy atom. The van der Waals surface area contributed by atoms with Crippen molar-refractivity contribution in [1.29, 1.82) is 0 Å². The maximum atomic E-state index is 13.5. The molecule has 3 nitrogen and oxygen atoms in total. The highest BCUT2D eigenvalue weighted by atomic mass is 19.1. The van der Waals surface area contributed by atoms with Crippen molar-refractivity contribution in [2.24, 2.45) is 0 Å². The zero-order valence-corrected chi connectivity index (χ0v) is 11.2. The number of nitrogens with one attached hydrogen (secondary N) is 1. The van der Waals surface area contributed by atoms with Crippen LogP contribution < -0.4 is 5.32 Å². The molecule has 2 aromatic carbocycles. The van der Waals surface area contributed by atoms with Gasteiger partial charge in [0.15, 0.2) is 0 Å². The number of aliphatic hydroxyl groups excluding tert-OH is 1. The van der Waals surface area contributed by atoms with Crippen molar-refractivity contribution >= 4 is 5.91 Å². The summed E-state index contributed by atoms with van der Waals surface area (Å²) in [6.07, 6.45) is -0.285. The number of benzene rings is 2. The van der Waals surface area contributed by atoms with E-state index in [9.17, 15) is 18.7 Å². The number of aliphatic hydroxyl groups is 1. The van der Waals surface area contributed by atoms with Crippen molar-refractivity contribution in [2.45, 2.75) is 12.5 Å². The van der Waals surface area contributed by atoms with Gasteiger partial charge in [0, 0.05) is 5.56 Å². The second-order valence-electron chi connectivity index (χ2n) is 4.63. The average Bonchev–Trinajstić information content (AvgIpc) is 2.49. The average molecular weight is 291 g/mol. The molecule has 5 heteroatoms. The van der Waals surface area contributed by atoms with Crippen LogP contribution in [-0.2, 0) is 11.2 Å². The molecule has 0 aliphatic heterocycles. The van der Waals surface area contributed by atoms with Crippen molar-refractivity contribution < 1.29 is 18.7 Å². The lowest BCUT2D eigenvalue weighted by molar-refractivity contribution is -0.121. The quantitative estimate of drug-likeness (QED) is 0.888. The van der Waals surface area contributed by atoms with Gasteiger partial charge in [-0.05, 0) is 23.8 Å². The number of carbonyl (C=O) groups is 1. The van der Waals surface area contributed by atoms with Gasteiger partial charge in [-0.3, -0.25) is 4.79 Å². The summed E-state index contributed by atoms with van der Waals surface area (Å²) in [7, 11) is 0. The Hall–Kier alpha value is -2.27. The van der Waals surface area contributed by atoms with E-state index in [4.69, 9.17) is 0 Å². The van der Waals surface area contributed by atoms with Gasteiger partial charge < -0.3 is 10.4 Å². The number of rotatable bonds is 5. The van der Waals surface area contributed by atoms with Crippen LogP contribution in [0.3, 0.4) is 0 Å². The van der Waals surface area contributed by atoms with Gasteiger partial charge >= 0.3 is 0 Å². The van der Waals surface area contributed by atoms with E-state index in [-0.39, 0.29) is 18.6 Å². The SMILES string of the molecule is O=C(Cc1cc(F)ccc1F)N[C@H](CO)c1ccccc1. The monoisotopic (exact) mass is 291 g/mol. The lowest BCUT2D eigenvalue weighted by Gasteiger charge is -2.16. The summed E-state index contributed by atoms with van der Waals surface area (Å²) < 4.78 is 26.5. The topological polar surface area (TPSA) is 49.3 Å². The maximum absolute atomic E-state index is 13.5. The minimum absolute atomic E-state index is 0.0164. The van der Waals surface area contributed by atoms with Gasteiger partial charge in [-0.15, -0.1) is 0 Å². The van der Waals surface area contributed by atoms with Gasteiger partial charge in [-0.25, -0.2) is 8.78 Å². The fourth-order valence-corrected chi connectivity index (χ4v) is 2.02. The summed E-state index contributed by atoms with van der Waals surface area (Å²) in [5.74, 6) is -1.71. The first-order chi connectivity index (χ1) is 10.1. The molecule has 2 N–H and O–H groups in total. The molecule has 0 radical (unpaired) electrons. The Bertz CT molecular complexity index is 617. The minimum atomic E-state index is -0.633. The number of hydrogen-bond donors (Lipinski definition) is 2.